The third-order valence-electron chi connectivity index (χ3n) is 3.03. The first-order valence-corrected chi connectivity index (χ1v) is 7.57. The molecule has 8 heteroatoms. The van der Waals surface area contributed by atoms with E-state index in [9.17, 15) is 19.8 Å². The molecule has 0 aromatic heterocycles. The van der Waals surface area contributed by atoms with Crippen molar-refractivity contribution in [1.82, 2.24) is 0 Å². The van der Waals surface area contributed by atoms with Crippen LogP contribution < -0.4 is 9.47 Å². The van der Waals surface area contributed by atoms with Gasteiger partial charge in [-0.3, -0.25) is 0 Å². The fourth-order valence-electron chi connectivity index (χ4n) is 1.60. The molecule has 2 aromatic rings. The highest BCUT2D eigenvalue weighted by atomic mass is 16.5. The molecule has 0 saturated carbocycles. The Labute approximate surface area is 149 Å². The van der Waals surface area contributed by atoms with E-state index >= 15 is 0 Å². The van der Waals surface area contributed by atoms with E-state index < -0.39 is 24.1 Å². The Morgan fingerprint density at radius 2 is 1.04 bits per heavy atom. The summed E-state index contributed by atoms with van der Waals surface area (Å²) in [6.07, 6.45) is -1.93. The molecule has 0 heterocycles. The number of phenols is 2. The van der Waals surface area contributed by atoms with Crippen LogP contribution in [0.4, 0.5) is 0 Å². The molecule has 8 nitrogen and oxygen atoms in total. The second-order valence-corrected chi connectivity index (χ2v) is 5.13. The Morgan fingerprint density at radius 1 is 0.731 bits per heavy atom. The van der Waals surface area contributed by atoms with Crippen LogP contribution in [0.2, 0.25) is 0 Å². The molecule has 0 spiro atoms. The monoisotopic (exact) mass is 364 g/mol. The largest absolute Gasteiger partial charge is 0.504 e. The van der Waals surface area contributed by atoms with E-state index in [2.05, 4.69) is 0 Å². The number of phenolic OH excluding ortho intramolecular Hbond substituents is 2. The molecule has 2 aromatic carbocycles. The Hall–Kier alpha value is -3.42. The van der Waals surface area contributed by atoms with Gasteiger partial charge in [-0.25, -0.2) is 9.59 Å². The summed E-state index contributed by atoms with van der Waals surface area (Å²) in [7, 11) is 0. The minimum Gasteiger partial charge on any atom is -0.504 e. The second kappa shape index (κ2) is 9.77. The maximum atomic E-state index is 10.4. The van der Waals surface area contributed by atoms with Gasteiger partial charge in [0.15, 0.2) is 35.2 Å². The number of ether oxygens (including phenoxy) is 2. The smallest absolute Gasteiger partial charge is 0.344 e. The lowest BCUT2D eigenvalue weighted by molar-refractivity contribution is -0.145. The summed E-state index contributed by atoms with van der Waals surface area (Å²) in [6, 6.07) is 12.5. The van der Waals surface area contributed by atoms with Crippen LogP contribution in [0.5, 0.6) is 23.0 Å². The minimum atomic E-state index is -1.07. The van der Waals surface area contributed by atoms with E-state index in [4.69, 9.17) is 19.7 Å². The zero-order valence-electron chi connectivity index (χ0n) is 14.2. The fourth-order valence-corrected chi connectivity index (χ4v) is 1.60. The third kappa shape index (κ3) is 6.60. The second-order valence-electron chi connectivity index (χ2n) is 5.13. The molecule has 0 fully saturated rings. The Kier molecular flexibility index (Phi) is 7.75. The van der Waals surface area contributed by atoms with Crippen LogP contribution in [0.1, 0.15) is 13.8 Å². The fraction of sp³-hybridized carbons (Fsp3) is 0.222. The van der Waals surface area contributed by atoms with Crippen LogP contribution in [0.15, 0.2) is 48.5 Å². The Morgan fingerprint density at radius 3 is 1.31 bits per heavy atom. The molecule has 0 aliphatic carbocycles. The van der Waals surface area contributed by atoms with Crippen molar-refractivity contribution in [3.8, 4) is 23.0 Å². The first-order chi connectivity index (χ1) is 12.2. The maximum absolute atomic E-state index is 10.4. The van der Waals surface area contributed by atoms with E-state index in [0.29, 0.717) is 0 Å². The summed E-state index contributed by atoms with van der Waals surface area (Å²) in [5, 5.41) is 35.5. The summed E-state index contributed by atoms with van der Waals surface area (Å²) in [5.41, 5.74) is 0. The molecule has 4 N–H and O–H groups in total. The van der Waals surface area contributed by atoms with Crippen LogP contribution in [-0.2, 0) is 9.59 Å². The highest BCUT2D eigenvalue weighted by molar-refractivity contribution is 5.72. The van der Waals surface area contributed by atoms with Gasteiger partial charge >= 0.3 is 11.9 Å². The summed E-state index contributed by atoms with van der Waals surface area (Å²) >= 11 is 0. The molecule has 0 aliphatic heterocycles. The number of para-hydroxylation sites is 4. The summed E-state index contributed by atoms with van der Waals surface area (Å²) in [5.74, 6) is -1.90. The normalized spacial score (nSPS) is 12.1. The summed E-state index contributed by atoms with van der Waals surface area (Å²) < 4.78 is 9.91. The van der Waals surface area contributed by atoms with Gasteiger partial charge in [0.2, 0.25) is 0 Å². The van der Waals surface area contributed by atoms with Gasteiger partial charge < -0.3 is 29.9 Å². The van der Waals surface area contributed by atoms with E-state index in [1.165, 1.54) is 38.1 Å². The molecule has 0 aliphatic rings. The molecule has 0 saturated heterocycles. The van der Waals surface area contributed by atoms with Crippen molar-refractivity contribution in [2.24, 2.45) is 0 Å². The van der Waals surface area contributed by atoms with Crippen molar-refractivity contribution >= 4 is 11.9 Å². The number of rotatable bonds is 6. The van der Waals surface area contributed by atoms with Gasteiger partial charge in [0, 0.05) is 0 Å². The number of aliphatic carboxylic acids is 2. The molecular formula is C18H20O8. The first kappa shape index (κ1) is 20.6. The van der Waals surface area contributed by atoms with Crippen molar-refractivity contribution in [3.05, 3.63) is 48.5 Å². The van der Waals surface area contributed by atoms with Gasteiger partial charge in [-0.1, -0.05) is 24.3 Å². The molecule has 140 valence electrons. The van der Waals surface area contributed by atoms with E-state index in [1.807, 2.05) is 0 Å². The van der Waals surface area contributed by atoms with E-state index in [1.54, 1.807) is 24.3 Å². The Bertz CT molecular complexity index is 680. The van der Waals surface area contributed by atoms with Crippen LogP contribution >= 0.6 is 0 Å². The van der Waals surface area contributed by atoms with Crippen molar-refractivity contribution in [1.29, 1.82) is 0 Å². The van der Waals surface area contributed by atoms with Crippen LogP contribution in [0.25, 0.3) is 0 Å². The van der Waals surface area contributed by atoms with Crippen LogP contribution in [0, 0.1) is 0 Å². The van der Waals surface area contributed by atoms with Crippen molar-refractivity contribution in [2.75, 3.05) is 0 Å². The lowest BCUT2D eigenvalue weighted by Crippen LogP contribution is -2.22. The van der Waals surface area contributed by atoms with Crippen LogP contribution in [-0.4, -0.2) is 44.6 Å². The summed E-state index contributed by atoms with van der Waals surface area (Å²) in [4.78, 5) is 20.8. The molecule has 2 unspecified atom stereocenters. The number of carboxylic acids is 2. The van der Waals surface area contributed by atoms with Gasteiger partial charge in [0.1, 0.15) is 0 Å². The number of hydrogen-bond acceptors (Lipinski definition) is 6. The molecule has 0 radical (unpaired) electrons. The third-order valence-corrected chi connectivity index (χ3v) is 3.03. The molecule has 0 amide bonds. The SMILES string of the molecule is CC(Oc1ccccc1O)C(=O)O.CC(Oc1ccccc1O)C(=O)O. The van der Waals surface area contributed by atoms with Crippen molar-refractivity contribution in [2.45, 2.75) is 26.1 Å². The first-order valence-electron chi connectivity index (χ1n) is 7.57. The molecule has 2 rings (SSSR count). The van der Waals surface area contributed by atoms with Gasteiger partial charge in [-0.15, -0.1) is 0 Å². The number of hydrogen-bond donors (Lipinski definition) is 4. The molecule has 26 heavy (non-hydrogen) atoms. The number of aromatic hydroxyl groups is 2. The predicted molar refractivity (Wildman–Crippen MR) is 91.7 cm³/mol. The van der Waals surface area contributed by atoms with Gasteiger partial charge in [-0.2, -0.15) is 0 Å². The number of carbonyl (C=O) groups is 2. The maximum Gasteiger partial charge on any atom is 0.344 e. The molecular weight excluding hydrogens is 344 g/mol. The van der Waals surface area contributed by atoms with Crippen LogP contribution in [0.3, 0.4) is 0 Å². The van der Waals surface area contributed by atoms with E-state index in [0.717, 1.165) is 0 Å². The topological polar surface area (TPSA) is 134 Å². The van der Waals surface area contributed by atoms with Gasteiger partial charge in [-0.05, 0) is 38.1 Å². The van der Waals surface area contributed by atoms with Crippen molar-refractivity contribution in [3.63, 3.8) is 0 Å². The van der Waals surface area contributed by atoms with E-state index in [-0.39, 0.29) is 23.0 Å². The highest BCUT2D eigenvalue weighted by Gasteiger charge is 2.14. The van der Waals surface area contributed by atoms with Gasteiger partial charge in [0.25, 0.3) is 0 Å². The summed E-state index contributed by atoms with van der Waals surface area (Å²) in [6.45, 7) is 2.80. The Balaban J connectivity index is 0.000000260. The zero-order chi connectivity index (χ0) is 19.7. The molecule has 0 bridgehead atoms. The minimum absolute atomic E-state index is 0.0596. The highest BCUT2D eigenvalue weighted by Crippen LogP contribution is 2.26. The zero-order valence-corrected chi connectivity index (χ0v) is 14.2. The number of benzene rings is 2. The van der Waals surface area contributed by atoms with Crippen molar-refractivity contribution < 1.29 is 39.5 Å². The standard InChI is InChI=1S/2C9H10O4/c2*1-6(9(11)12)13-8-5-3-2-4-7(8)10/h2*2-6,10H,1H3,(H,11,12). The average molecular weight is 364 g/mol. The quantitative estimate of drug-likeness (QED) is 0.614. The average Bonchev–Trinajstić information content (AvgIpc) is 2.59. The van der Waals surface area contributed by atoms with Gasteiger partial charge in [0.05, 0.1) is 0 Å². The number of carboxylic acid groups (broad SMARTS) is 2. The predicted octanol–water partition coefficient (Wildman–Crippen LogP) is 2.49. The lowest BCUT2D eigenvalue weighted by atomic mass is 10.3. The lowest BCUT2D eigenvalue weighted by Gasteiger charge is -2.10. The molecule has 2 atom stereocenters.